The van der Waals surface area contributed by atoms with Gasteiger partial charge in [-0.1, -0.05) is 25.0 Å². The highest BCUT2D eigenvalue weighted by Gasteiger charge is 2.26. The van der Waals surface area contributed by atoms with Crippen LogP contribution in [0.5, 0.6) is 0 Å². The topological polar surface area (TPSA) is 55.0 Å². The zero-order valence-corrected chi connectivity index (χ0v) is 12.7. The summed E-state index contributed by atoms with van der Waals surface area (Å²) in [5, 5.41) is 0. The van der Waals surface area contributed by atoms with Gasteiger partial charge in [-0.3, -0.25) is 4.90 Å². The lowest BCUT2D eigenvalue weighted by molar-refractivity contribution is 0.162. The minimum atomic E-state index is 0.399. The second-order valence-corrected chi connectivity index (χ2v) is 6.31. The Morgan fingerprint density at radius 2 is 2.10 bits per heavy atom. The van der Waals surface area contributed by atoms with E-state index in [1.54, 1.807) is 6.20 Å². The molecule has 0 aromatic carbocycles. The summed E-state index contributed by atoms with van der Waals surface area (Å²) in [4.78, 5) is 11.1. The van der Waals surface area contributed by atoms with E-state index in [0.717, 1.165) is 12.2 Å². The molecule has 2 unspecified atom stereocenters. The molecule has 1 fully saturated rings. The van der Waals surface area contributed by atoms with E-state index in [0.29, 0.717) is 17.9 Å². The average molecular weight is 286 g/mol. The van der Waals surface area contributed by atoms with Crippen LogP contribution in [0.3, 0.4) is 0 Å². The lowest BCUT2D eigenvalue weighted by Crippen LogP contribution is -2.41. The number of aromatic nitrogens is 2. The zero-order valence-electron chi connectivity index (χ0n) is 12.7. The van der Waals surface area contributed by atoms with Gasteiger partial charge in [0.25, 0.3) is 0 Å². The fourth-order valence-electron chi connectivity index (χ4n) is 3.61. The van der Waals surface area contributed by atoms with E-state index in [1.807, 2.05) is 6.07 Å². The Morgan fingerprint density at radius 3 is 3.00 bits per heavy atom. The largest absolute Gasteiger partial charge is 0.368 e. The maximum Gasteiger partial charge on any atom is 0.220 e. The predicted octanol–water partition coefficient (Wildman–Crippen LogP) is 3.13. The third-order valence-electron chi connectivity index (χ3n) is 4.76. The number of hydrogen-bond acceptors (Lipinski definition) is 4. The molecule has 2 atom stereocenters. The molecule has 3 rings (SSSR count). The van der Waals surface area contributed by atoms with E-state index in [1.165, 1.54) is 51.5 Å². The lowest BCUT2D eigenvalue weighted by Gasteiger charge is -2.37. The summed E-state index contributed by atoms with van der Waals surface area (Å²) in [6.45, 7) is 2.32. The van der Waals surface area contributed by atoms with E-state index in [9.17, 15) is 0 Å². The zero-order chi connectivity index (χ0) is 14.5. The maximum atomic E-state index is 5.73. The second kappa shape index (κ2) is 7.03. The van der Waals surface area contributed by atoms with Crippen LogP contribution in [0.25, 0.3) is 0 Å². The number of allylic oxidation sites excluding steroid dienone is 1. The highest BCUT2D eigenvalue weighted by atomic mass is 15.2. The first-order chi connectivity index (χ1) is 10.3. The van der Waals surface area contributed by atoms with Crippen molar-refractivity contribution in [2.45, 2.75) is 56.9 Å². The molecule has 21 heavy (non-hydrogen) atoms. The SMILES string of the molecule is Nc1nccc(C2CCCN(C3C=CCCCCC3)C2)n1. The van der Waals surface area contributed by atoms with Crippen LogP contribution in [0.4, 0.5) is 5.95 Å². The molecule has 2 N–H and O–H groups in total. The van der Waals surface area contributed by atoms with Gasteiger partial charge >= 0.3 is 0 Å². The number of nitrogens with two attached hydrogens (primary N) is 1. The Labute approximate surface area is 127 Å². The molecule has 0 amide bonds. The minimum absolute atomic E-state index is 0.399. The van der Waals surface area contributed by atoms with Crippen molar-refractivity contribution in [1.29, 1.82) is 0 Å². The quantitative estimate of drug-likeness (QED) is 0.849. The molecule has 4 heteroatoms. The molecule has 1 saturated heterocycles. The Balaban J connectivity index is 1.68. The fraction of sp³-hybridized carbons (Fsp3) is 0.647. The highest BCUT2D eigenvalue weighted by Crippen LogP contribution is 2.28. The molecule has 0 radical (unpaired) electrons. The van der Waals surface area contributed by atoms with E-state index >= 15 is 0 Å². The summed E-state index contributed by atoms with van der Waals surface area (Å²) in [5.41, 5.74) is 6.85. The van der Waals surface area contributed by atoms with Gasteiger partial charge in [0.1, 0.15) is 0 Å². The van der Waals surface area contributed by atoms with E-state index in [2.05, 4.69) is 27.0 Å². The van der Waals surface area contributed by atoms with Gasteiger partial charge in [0.05, 0.1) is 5.69 Å². The molecule has 1 aliphatic carbocycles. The molecule has 0 spiro atoms. The molecule has 0 bridgehead atoms. The molecular weight excluding hydrogens is 260 g/mol. The van der Waals surface area contributed by atoms with Crippen LogP contribution in [0.2, 0.25) is 0 Å². The van der Waals surface area contributed by atoms with Crippen molar-refractivity contribution < 1.29 is 0 Å². The number of rotatable bonds is 2. The number of nitrogens with zero attached hydrogens (tertiary/aromatic N) is 3. The van der Waals surface area contributed by atoms with Gasteiger partial charge in [-0.05, 0) is 44.7 Å². The molecule has 1 aliphatic heterocycles. The number of likely N-dealkylation sites (tertiary alicyclic amines) is 1. The van der Waals surface area contributed by atoms with Crippen molar-refractivity contribution in [2.24, 2.45) is 0 Å². The van der Waals surface area contributed by atoms with Gasteiger partial charge in [0.15, 0.2) is 0 Å². The van der Waals surface area contributed by atoms with Crippen molar-refractivity contribution in [3.8, 4) is 0 Å². The predicted molar refractivity (Wildman–Crippen MR) is 86.0 cm³/mol. The van der Waals surface area contributed by atoms with Crippen LogP contribution < -0.4 is 5.73 Å². The third kappa shape index (κ3) is 3.82. The highest BCUT2D eigenvalue weighted by molar-refractivity contribution is 5.20. The van der Waals surface area contributed by atoms with Crippen LogP contribution in [0.1, 0.15) is 56.6 Å². The average Bonchev–Trinajstić information content (AvgIpc) is 2.47. The smallest absolute Gasteiger partial charge is 0.220 e. The first kappa shape index (κ1) is 14.5. The van der Waals surface area contributed by atoms with E-state index in [4.69, 9.17) is 5.73 Å². The standard InChI is InChI=1S/C17H26N4/c18-17-19-11-10-16(20-17)14-7-6-12-21(13-14)15-8-4-2-1-3-5-9-15/h4,8,10-11,14-15H,1-3,5-7,9,12-13H2,(H2,18,19,20). The van der Waals surface area contributed by atoms with Crippen molar-refractivity contribution in [3.63, 3.8) is 0 Å². The van der Waals surface area contributed by atoms with Gasteiger partial charge in [-0.15, -0.1) is 0 Å². The van der Waals surface area contributed by atoms with Crippen molar-refractivity contribution in [3.05, 3.63) is 30.1 Å². The number of piperidine rings is 1. The molecule has 0 saturated carbocycles. The monoisotopic (exact) mass is 286 g/mol. The summed E-state index contributed by atoms with van der Waals surface area (Å²) in [5.74, 6) is 0.901. The Morgan fingerprint density at radius 1 is 1.14 bits per heavy atom. The molecule has 114 valence electrons. The molecular formula is C17H26N4. The van der Waals surface area contributed by atoms with E-state index in [-0.39, 0.29) is 0 Å². The van der Waals surface area contributed by atoms with Crippen LogP contribution in [-0.2, 0) is 0 Å². The van der Waals surface area contributed by atoms with Gasteiger partial charge < -0.3 is 5.73 Å². The molecule has 2 aliphatic rings. The maximum absolute atomic E-state index is 5.73. The Kier molecular flexibility index (Phi) is 4.86. The van der Waals surface area contributed by atoms with Gasteiger partial charge in [0, 0.05) is 24.7 Å². The van der Waals surface area contributed by atoms with Gasteiger partial charge in [0.2, 0.25) is 5.95 Å². The molecule has 1 aromatic rings. The first-order valence-corrected chi connectivity index (χ1v) is 8.32. The lowest BCUT2D eigenvalue weighted by atomic mass is 9.92. The number of anilines is 1. The second-order valence-electron chi connectivity index (χ2n) is 6.31. The van der Waals surface area contributed by atoms with Crippen LogP contribution in [0, 0.1) is 0 Å². The number of hydrogen-bond donors (Lipinski definition) is 1. The normalized spacial score (nSPS) is 28.0. The van der Waals surface area contributed by atoms with Crippen LogP contribution >= 0.6 is 0 Å². The summed E-state index contributed by atoms with van der Waals surface area (Å²) in [6, 6.07) is 2.64. The van der Waals surface area contributed by atoms with E-state index < -0.39 is 0 Å². The molecule has 1 aromatic heterocycles. The van der Waals surface area contributed by atoms with Crippen molar-refractivity contribution >= 4 is 5.95 Å². The van der Waals surface area contributed by atoms with Crippen LogP contribution in [-0.4, -0.2) is 34.0 Å². The third-order valence-corrected chi connectivity index (χ3v) is 4.76. The van der Waals surface area contributed by atoms with Gasteiger partial charge in [-0.25, -0.2) is 9.97 Å². The molecule has 4 nitrogen and oxygen atoms in total. The Hall–Kier alpha value is -1.42. The molecule has 2 heterocycles. The van der Waals surface area contributed by atoms with Crippen molar-refractivity contribution in [2.75, 3.05) is 18.8 Å². The Bertz CT molecular complexity index is 485. The summed E-state index contributed by atoms with van der Waals surface area (Å²) in [7, 11) is 0. The number of nitrogen functional groups attached to an aromatic ring is 1. The minimum Gasteiger partial charge on any atom is -0.368 e. The van der Waals surface area contributed by atoms with Crippen molar-refractivity contribution in [1.82, 2.24) is 14.9 Å². The summed E-state index contributed by atoms with van der Waals surface area (Å²) >= 11 is 0. The fourth-order valence-corrected chi connectivity index (χ4v) is 3.61. The summed E-state index contributed by atoms with van der Waals surface area (Å²) in [6.07, 6.45) is 15.7. The first-order valence-electron chi connectivity index (χ1n) is 8.32. The van der Waals surface area contributed by atoms with Gasteiger partial charge in [-0.2, -0.15) is 0 Å². The van der Waals surface area contributed by atoms with Crippen LogP contribution in [0.15, 0.2) is 24.4 Å². The summed E-state index contributed by atoms with van der Waals surface area (Å²) < 4.78 is 0.